The van der Waals surface area contributed by atoms with Crippen molar-refractivity contribution in [2.45, 2.75) is 18.7 Å². The van der Waals surface area contributed by atoms with Gasteiger partial charge >= 0.3 is 5.97 Å². The number of sulfonamides is 1. The fraction of sp³-hybridized carbons (Fsp3) is 0.107. The number of nitrogens with two attached hydrogens (primary N) is 1. The van der Waals surface area contributed by atoms with Crippen LogP contribution in [0, 0.1) is 6.92 Å². The number of ether oxygens (including phenoxy) is 1. The third kappa shape index (κ3) is 3.85. The summed E-state index contributed by atoms with van der Waals surface area (Å²) in [5.74, 6) is -0.646. The molecule has 3 N–H and O–H groups in total. The predicted molar refractivity (Wildman–Crippen MR) is 143 cm³/mol. The first-order valence-corrected chi connectivity index (χ1v) is 12.9. The van der Waals surface area contributed by atoms with E-state index in [0.29, 0.717) is 33.1 Å². The summed E-state index contributed by atoms with van der Waals surface area (Å²) in [6.07, 6.45) is 0. The van der Waals surface area contributed by atoms with Gasteiger partial charge in [0.1, 0.15) is 0 Å². The summed E-state index contributed by atoms with van der Waals surface area (Å²) < 4.78 is 35.3. The van der Waals surface area contributed by atoms with Crippen molar-refractivity contribution in [2.24, 2.45) is 0 Å². The normalized spacial score (nSPS) is 11.6. The second-order valence-corrected chi connectivity index (χ2v) is 10.2. The highest BCUT2D eigenvalue weighted by molar-refractivity contribution is 7.93. The second-order valence-electron chi connectivity index (χ2n) is 8.42. The summed E-state index contributed by atoms with van der Waals surface area (Å²) in [5, 5.41) is 1.90. The van der Waals surface area contributed by atoms with E-state index in [2.05, 4.69) is 4.98 Å². The molecule has 1 aromatic heterocycles. The highest BCUT2D eigenvalue weighted by atomic mass is 32.2. The van der Waals surface area contributed by atoms with Crippen LogP contribution in [0.15, 0.2) is 89.8 Å². The van der Waals surface area contributed by atoms with E-state index in [1.165, 1.54) is 4.31 Å². The van der Waals surface area contributed by atoms with Gasteiger partial charge in [0.2, 0.25) is 0 Å². The number of hydrogen-bond acceptors (Lipinski definition) is 5. The summed E-state index contributed by atoms with van der Waals surface area (Å²) in [4.78, 5) is 16.3. The maximum Gasteiger partial charge on any atom is 0.356 e. The third-order valence-corrected chi connectivity index (χ3v) is 7.80. The van der Waals surface area contributed by atoms with Crippen LogP contribution in [0.4, 0.5) is 17.1 Å². The molecule has 0 aliphatic carbocycles. The maximum atomic E-state index is 14.4. The maximum absolute atomic E-state index is 14.4. The summed E-state index contributed by atoms with van der Waals surface area (Å²) in [6.45, 7) is 3.73. The first-order valence-electron chi connectivity index (χ1n) is 11.5. The Kier molecular flexibility index (Phi) is 5.89. The van der Waals surface area contributed by atoms with Crippen LogP contribution in [0.5, 0.6) is 0 Å². The molecule has 0 saturated carbocycles. The first-order chi connectivity index (χ1) is 17.3. The average molecular weight is 500 g/mol. The number of nitrogens with zero attached hydrogens (tertiary/aromatic N) is 1. The van der Waals surface area contributed by atoms with Gasteiger partial charge in [0.25, 0.3) is 10.0 Å². The van der Waals surface area contributed by atoms with Gasteiger partial charge in [-0.25, -0.2) is 17.5 Å². The zero-order chi connectivity index (χ0) is 25.4. The van der Waals surface area contributed by atoms with E-state index in [1.807, 2.05) is 37.3 Å². The monoisotopic (exact) mass is 499 g/mol. The number of esters is 1. The Bertz CT molecular complexity index is 1710. The largest absolute Gasteiger partial charge is 0.461 e. The molecule has 7 nitrogen and oxygen atoms in total. The van der Waals surface area contributed by atoms with Crippen LogP contribution in [0.3, 0.4) is 0 Å². The van der Waals surface area contributed by atoms with Gasteiger partial charge in [-0.1, -0.05) is 60.2 Å². The minimum absolute atomic E-state index is 0.0506. The Morgan fingerprint density at radius 2 is 1.53 bits per heavy atom. The molecule has 5 aromatic rings. The van der Waals surface area contributed by atoms with E-state index in [1.54, 1.807) is 61.5 Å². The predicted octanol–water partition coefficient (Wildman–Crippen LogP) is 5.92. The highest BCUT2D eigenvalue weighted by Crippen LogP contribution is 2.43. The lowest BCUT2D eigenvalue weighted by Crippen LogP contribution is -2.28. The molecule has 5 rings (SSSR count). The standard InChI is InChI=1S/C28H25N3O4S/c1-3-35-28(32)26-27(22-10-6-7-11-24(22)30-26)31(36(33,34)19-14-12-18(2)13-15-19)25-17-16-23(29)20-8-4-5-9-21(20)25/h4-17,30H,3,29H2,1-2H3. The molecule has 0 fully saturated rings. The number of hydrogen-bond donors (Lipinski definition) is 2. The van der Waals surface area contributed by atoms with Crippen molar-refractivity contribution < 1.29 is 17.9 Å². The summed E-state index contributed by atoms with van der Waals surface area (Å²) in [6, 6.07) is 24.5. The summed E-state index contributed by atoms with van der Waals surface area (Å²) in [7, 11) is -4.20. The van der Waals surface area contributed by atoms with Crippen molar-refractivity contribution in [3.05, 3.63) is 96.2 Å². The number of nitrogens with one attached hydrogen (secondary N) is 1. The van der Waals surface area contributed by atoms with Crippen LogP contribution >= 0.6 is 0 Å². The molecule has 182 valence electrons. The number of benzene rings is 4. The van der Waals surface area contributed by atoms with Crippen molar-refractivity contribution in [2.75, 3.05) is 16.6 Å². The number of rotatable bonds is 6. The molecule has 1 heterocycles. The molecule has 4 aromatic carbocycles. The van der Waals surface area contributed by atoms with Crippen molar-refractivity contribution in [1.29, 1.82) is 0 Å². The molecular formula is C28H25N3O4S. The van der Waals surface area contributed by atoms with Gasteiger partial charge < -0.3 is 15.5 Å². The molecule has 0 spiro atoms. The van der Waals surface area contributed by atoms with Gasteiger partial charge in [-0.15, -0.1) is 0 Å². The molecule has 0 aliphatic rings. The van der Waals surface area contributed by atoms with Crippen LogP contribution in [0.2, 0.25) is 0 Å². The van der Waals surface area contributed by atoms with E-state index < -0.39 is 16.0 Å². The Labute approximate surface area is 209 Å². The number of aromatic amines is 1. The molecule has 0 radical (unpaired) electrons. The van der Waals surface area contributed by atoms with E-state index in [-0.39, 0.29) is 22.9 Å². The van der Waals surface area contributed by atoms with E-state index in [9.17, 15) is 13.2 Å². The SMILES string of the molecule is CCOC(=O)c1[nH]c2ccccc2c1N(c1ccc(N)c2ccccc12)S(=O)(=O)c1ccc(C)cc1. The molecule has 0 unspecified atom stereocenters. The van der Waals surface area contributed by atoms with Crippen LogP contribution in [-0.2, 0) is 14.8 Å². The Hall–Kier alpha value is -4.30. The van der Waals surface area contributed by atoms with E-state index in [0.717, 1.165) is 5.56 Å². The van der Waals surface area contributed by atoms with Crippen LogP contribution in [0.25, 0.3) is 21.7 Å². The fourth-order valence-electron chi connectivity index (χ4n) is 4.36. The number of H-pyrrole nitrogens is 1. The number of anilines is 3. The Balaban J connectivity index is 1.91. The van der Waals surface area contributed by atoms with Gasteiger partial charge in [0.05, 0.1) is 22.9 Å². The molecule has 36 heavy (non-hydrogen) atoms. The molecule has 0 bridgehead atoms. The minimum atomic E-state index is -4.20. The summed E-state index contributed by atoms with van der Waals surface area (Å²) >= 11 is 0. The number of aromatic nitrogens is 1. The number of fused-ring (bicyclic) bond motifs is 2. The van der Waals surface area contributed by atoms with Gasteiger partial charge in [0.15, 0.2) is 5.69 Å². The van der Waals surface area contributed by atoms with Crippen molar-refractivity contribution >= 4 is 54.7 Å². The smallest absolute Gasteiger partial charge is 0.356 e. The number of nitrogen functional groups attached to an aromatic ring is 1. The second kappa shape index (κ2) is 9.05. The number of para-hydroxylation sites is 1. The van der Waals surface area contributed by atoms with Crippen LogP contribution < -0.4 is 10.0 Å². The third-order valence-electron chi connectivity index (χ3n) is 6.07. The lowest BCUT2D eigenvalue weighted by atomic mass is 10.1. The Morgan fingerprint density at radius 3 is 2.22 bits per heavy atom. The zero-order valence-electron chi connectivity index (χ0n) is 19.9. The fourth-order valence-corrected chi connectivity index (χ4v) is 5.90. The first kappa shape index (κ1) is 23.4. The lowest BCUT2D eigenvalue weighted by molar-refractivity contribution is 0.0521. The van der Waals surface area contributed by atoms with E-state index >= 15 is 0 Å². The summed E-state index contributed by atoms with van der Waals surface area (Å²) in [5.41, 5.74) is 8.92. The molecule has 0 atom stereocenters. The van der Waals surface area contributed by atoms with Gasteiger partial charge in [0, 0.05) is 27.4 Å². The molecule has 0 saturated heterocycles. The molecule has 0 aliphatic heterocycles. The average Bonchev–Trinajstić information content (AvgIpc) is 3.25. The number of carbonyl (C=O) groups excluding carboxylic acids is 1. The van der Waals surface area contributed by atoms with Crippen LogP contribution in [0.1, 0.15) is 23.0 Å². The number of carbonyl (C=O) groups is 1. The molecule has 0 amide bonds. The minimum Gasteiger partial charge on any atom is -0.461 e. The quantitative estimate of drug-likeness (QED) is 0.223. The van der Waals surface area contributed by atoms with Crippen molar-refractivity contribution in [3.8, 4) is 0 Å². The van der Waals surface area contributed by atoms with E-state index in [4.69, 9.17) is 10.5 Å². The lowest BCUT2D eigenvalue weighted by Gasteiger charge is -2.27. The van der Waals surface area contributed by atoms with Crippen molar-refractivity contribution in [3.63, 3.8) is 0 Å². The van der Waals surface area contributed by atoms with Crippen LogP contribution in [-0.4, -0.2) is 26.0 Å². The van der Waals surface area contributed by atoms with Gasteiger partial charge in [-0.3, -0.25) is 0 Å². The van der Waals surface area contributed by atoms with Gasteiger partial charge in [-0.2, -0.15) is 0 Å². The topological polar surface area (TPSA) is 105 Å². The van der Waals surface area contributed by atoms with Gasteiger partial charge in [-0.05, 0) is 44.2 Å². The highest BCUT2D eigenvalue weighted by Gasteiger charge is 2.34. The zero-order valence-corrected chi connectivity index (χ0v) is 20.7. The molecule has 8 heteroatoms. The number of aryl methyl sites for hydroxylation is 1. The molecular weight excluding hydrogens is 474 g/mol. The van der Waals surface area contributed by atoms with Crippen molar-refractivity contribution in [1.82, 2.24) is 4.98 Å². The Morgan fingerprint density at radius 1 is 0.889 bits per heavy atom.